The van der Waals surface area contributed by atoms with Crippen molar-refractivity contribution in [3.63, 3.8) is 0 Å². The number of carbonyl (C=O) groups is 2. The van der Waals surface area contributed by atoms with Crippen molar-refractivity contribution in [2.75, 3.05) is 126 Å². The largest absolute Gasteiger partial charge is 0.521 e. The Labute approximate surface area is 1010 Å². The van der Waals surface area contributed by atoms with Gasteiger partial charge >= 0.3 is 129 Å². The minimum atomic E-state index is -1.50. The molecule has 27 nitrogen and oxygen atoms in total. The molecule has 7 aromatic heterocycles. The molecule has 21 atom stereocenters. The van der Waals surface area contributed by atoms with E-state index >= 15 is 0 Å². The van der Waals surface area contributed by atoms with E-state index in [0.29, 0.717) is 89.6 Å². The van der Waals surface area contributed by atoms with Crippen molar-refractivity contribution in [1.82, 2.24) is 67.6 Å². The second-order valence-corrected chi connectivity index (χ2v) is 41.0. The number of pyridine rings is 7. The first-order valence-electron chi connectivity index (χ1n) is 38.8. The van der Waals surface area contributed by atoms with Gasteiger partial charge < -0.3 is 89.2 Å². The minimum absolute atomic E-state index is 0. The fraction of sp³-hybridized carbons (Fsp3) is 0.584. The van der Waals surface area contributed by atoms with Crippen LogP contribution in [0.1, 0.15) is 181 Å². The van der Waals surface area contributed by atoms with Gasteiger partial charge in [0.1, 0.15) is 0 Å². The van der Waals surface area contributed by atoms with Gasteiger partial charge in [-0.25, -0.2) is 0 Å². The standard InChI is InChI=1S/C11H13N3O2P.C11H15N3OP.C11H13N3OP.C10H14BN3O2P.C10H12BrN3P.C10H13N3P.C10H12N3P.C3H7.13CH4.Sn.7Y/c15-11(16)7-1-8(4-12-3-7)13-5-10-2-9(13)6-14(10)17;2*15-7-8-1-9(4-12-3-8)13-5-11-2-10(13)6-14(11)16;15-11(16)7-1-8(4-12-3-7)13-5-10-2-9(13)6-14(10)17;11-7-1-8(4-12-3-7)13-5-10-2-9(13)6-14(10)15;2*14-13-7-9-4-10(13)6-12(9)8-2-1-3-11-5-8;1-3-2;;;;;;;;;;;;;;;;;;;;;/h1,4,9-10H,2,5-6,17H2,(H,15,16);1,4,10-11,15H,2,5-7,16H2;1,4,7,10-11H,2,5-6,16H2;1,4,9-10,15-16H,2,5-6,17H2;1,4,9-10H,2,5-6,15H2;1-2,5,9-10H,4,6-7,14H2;2,5,9-10H,4,6-7,14H2;1,3H2,2H3;13*1H4;;;;;;;;/q7*-1;;;;;;;;;;;;;;;;;;;;;;. The minimum Gasteiger partial charge on any atom is -0.521 e. The van der Waals surface area contributed by atoms with Gasteiger partial charge in [0.25, 0.3) is 0 Å². The Morgan fingerprint density at radius 1 is 0.398 bits per heavy atom. The summed E-state index contributed by atoms with van der Waals surface area (Å²) >= 11 is 2.99. The van der Waals surface area contributed by atoms with E-state index in [1.54, 1.807) is 30.7 Å². The van der Waals surface area contributed by atoms with E-state index in [9.17, 15) is 9.59 Å². The molecule has 14 bridgehead atoms. The van der Waals surface area contributed by atoms with Crippen molar-refractivity contribution in [1.29, 1.82) is 0 Å². The normalized spacial score (nSPS) is 24.4. The third kappa shape index (κ3) is 37.0. The molecule has 4 N–H and O–H groups in total. The number of hydrogen-bond donors (Lipinski definition) is 4. The van der Waals surface area contributed by atoms with E-state index in [-0.39, 0.29) is 338 Å². The van der Waals surface area contributed by atoms with E-state index < -0.39 is 34.2 Å². The summed E-state index contributed by atoms with van der Waals surface area (Å²) in [5, 5.41) is 36.2. The van der Waals surface area contributed by atoms with E-state index in [1.807, 2.05) is 43.0 Å². The molecule has 14 aliphatic heterocycles. The number of rotatable bonds is 14. The van der Waals surface area contributed by atoms with Crippen LogP contribution < -0.4 is 43.3 Å². The summed E-state index contributed by atoms with van der Waals surface area (Å²) in [6.45, 7) is 17.4. The zero-order valence-electron chi connectivity index (χ0n) is 67.3. The van der Waals surface area contributed by atoms with Gasteiger partial charge in [-0.3, -0.25) is 28.0 Å². The van der Waals surface area contributed by atoms with Crippen molar-refractivity contribution in [3.05, 3.63) is 156 Å². The Morgan fingerprint density at radius 3 is 1.01 bits per heavy atom. The first kappa shape index (κ1) is 147. The number of piperazine rings is 7. The first-order valence-corrected chi connectivity index (χ1v) is 46.6. The molecule has 0 amide bonds. The number of anilines is 7. The van der Waals surface area contributed by atoms with Crippen LogP contribution in [0.15, 0.2) is 96.4 Å². The molecule has 21 heterocycles. The molecule has 14 saturated heterocycles. The van der Waals surface area contributed by atoms with Crippen LogP contribution in [0.4, 0.5) is 39.8 Å². The van der Waals surface area contributed by atoms with E-state index in [0.717, 1.165) is 137 Å². The average molecular weight is 2660 g/mol. The molecule has 7 aromatic rings. The van der Waals surface area contributed by atoms with E-state index in [2.05, 4.69) is 252 Å². The maximum absolute atomic E-state index is 10.9. The number of halogens is 1. The van der Waals surface area contributed by atoms with Crippen LogP contribution in [0.3, 0.4) is 0 Å². The molecule has 725 valence electrons. The van der Waals surface area contributed by atoms with Crippen molar-refractivity contribution >= 4 is 171 Å². The summed E-state index contributed by atoms with van der Waals surface area (Å²) in [6.07, 6.45) is 43.1. The number of carboxylic acids is 1. The Morgan fingerprint density at radius 2 is 0.699 bits per heavy atom. The van der Waals surface area contributed by atoms with Crippen molar-refractivity contribution < 1.29 is 259 Å². The van der Waals surface area contributed by atoms with Crippen LogP contribution in [0, 0.1) is 43.4 Å². The van der Waals surface area contributed by atoms with Crippen LogP contribution in [0.5, 0.6) is 0 Å². The molecular weight excluding hydrogens is 2510 g/mol. The Kier molecular flexibility index (Phi) is 77.1. The third-order valence-electron chi connectivity index (χ3n) is 24.4. The van der Waals surface area contributed by atoms with Gasteiger partial charge in [-0.05, 0) is 80.3 Å². The molecule has 14 aliphatic rings. The molecule has 0 aliphatic carbocycles. The SMILES string of the molecule is C.C.C.C.C.C.C.C.C.C.C.C.C.CC[CH2][Sn][c]1[c-]ncc(N2CC3CC2CN3P)c1.O=C(O)c1[c-]ncc(N2CC3CC2CN3P)c1.O=Cc1[c-]ncc(N2CC3CC2CN3P)c1.OB(O)c1[c-]ncc(N2CC3CC2CN3P)c1.OCc1[c-]ncc(N2CC3CC2CN3P)c1.PN1CC2CC1CN2c1cc[c-]nc1.PN1CC2CC1CN2c1cn[c-]c(Br)c1.[Y].[Y].[Y].[Y].[Y].[Y].[Y]. The van der Waals surface area contributed by atoms with Crippen molar-refractivity contribution in [2.45, 2.75) is 250 Å². The number of nitrogens with zero attached hydrogens (tertiary/aromatic N) is 21. The van der Waals surface area contributed by atoms with Gasteiger partial charge in [0.2, 0.25) is 5.97 Å². The summed E-state index contributed by atoms with van der Waals surface area (Å²) < 4.78 is 20.2. The van der Waals surface area contributed by atoms with Crippen LogP contribution in [0.25, 0.3) is 0 Å². The predicted octanol–water partition coefficient (Wildman–Crippen LogP) is 12.4. The molecule has 0 aromatic carbocycles. The van der Waals surface area contributed by atoms with Crippen molar-refractivity contribution in [3.8, 4) is 0 Å². The van der Waals surface area contributed by atoms with Crippen molar-refractivity contribution in [2.24, 2.45) is 0 Å². The van der Waals surface area contributed by atoms with Crippen LogP contribution in [0.2, 0.25) is 4.44 Å². The molecule has 133 heavy (non-hydrogen) atoms. The molecule has 44 heteroatoms. The Balaban J connectivity index is -0.000000345. The number of aromatic nitrogens is 7. The number of hydrogen-bond acceptors (Lipinski definition) is 26. The van der Waals surface area contributed by atoms with Crippen LogP contribution in [-0.2, 0) is 236 Å². The maximum atomic E-state index is 10.9. The fourth-order valence-electron chi connectivity index (χ4n) is 18.6. The molecular formula is C89H151BBrN21O6P7SnY7-7. The second-order valence-electron chi connectivity index (χ2n) is 31.5. The summed E-state index contributed by atoms with van der Waals surface area (Å²) in [5.74, 6) is -0.976. The summed E-state index contributed by atoms with van der Waals surface area (Å²) in [4.78, 5) is 66.7. The van der Waals surface area contributed by atoms with Gasteiger partial charge in [-0.1, -0.05) is 251 Å². The van der Waals surface area contributed by atoms with Gasteiger partial charge in [0, 0.05) is 387 Å². The zero-order valence-corrected chi connectivity index (χ0v) is 99.7. The van der Waals surface area contributed by atoms with Gasteiger partial charge in [-0.2, -0.15) is 6.07 Å². The average Bonchev–Trinajstić information content (AvgIpc) is 1.51. The predicted molar refractivity (Wildman–Crippen MR) is 557 cm³/mol. The fourth-order valence-corrected chi connectivity index (χ4v) is 24.8. The summed E-state index contributed by atoms with van der Waals surface area (Å²) in [6, 6.07) is 24.4. The smallest absolute Gasteiger partial charge is 0.463 e. The monoisotopic (exact) mass is 2660 g/mol. The third-order valence-corrected chi connectivity index (χ3v) is 33.2. The van der Waals surface area contributed by atoms with Crippen LogP contribution in [-0.4, -0.2) is 305 Å². The quantitative estimate of drug-likeness (QED) is 0.0342. The maximum Gasteiger partial charge on any atom is 0.463 e. The number of fused-ring (bicyclic) bond motifs is 14. The Bertz CT molecular complexity index is 4430. The number of aldehydes is 1. The van der Waals surface area contributed by atoms with E-state index in [1.165, 1.54) is 76.6 Å². The van der Waals surface area contributed by atoms with E-state index in [4.69, 9.17) is 20.3 Å². The number of carbonyl (C=O) groups excluding carboxylic acids is 1. The molecule has 21 rings (SSSR count). The topological polar surface area (TPSA) is 251 Å². The van der Waals surface area contributed by atoms with Gasteiger partial charge in [0.15, 0.2) is 0 Å². The Hall–Kier alpha value is 3.47. The molecule has 21 unspecified atom stereocenters. The first-order chi connectivity index (χ1) is 54.7. The summed E-state index contributed by atoms with van der Waals surface area (Å²) in [7, 11) is 18.1. The number of aromatic carboxylic acids is 1. The van der Waals surface area contributed by atoms with Gasteiger partial charge in [-0.15, -0.1) is 47.4 Å². The molecule has 0 spiro atoms. The zero-order chi connectivity index (χ0) is 78.7. The van der Waals surface area contributed by atoms with Gasteiger partial charge in [0.05, 0.1) is 6.29 Å². The number of aliphatic hydroxyl groups excluding tert-OH is 1. The number of carboxylic acid groups (broad SMARTS) is 1. The second kappa shape index (κ2) is 69.7. The molecule has 9 radical (unpaired) electrons. The molecule has 14 fully saturated rings. The van der Waals surface area contributed by atoms with Crippen LogP contribution >= 0.6 is 81.7 Å². The molecule has 0 saturated carbocycles. The number of aliphatic hydroxyl groups is 1. The summed E-state index contributed by atoms with van der Waals surface area (Å²) in [5.41, 5.74) is 9.57.